The summed E-state index contributed by atoms with van der Waals surface area (Å²) in [5.74, 6) is 1.48. The molecular weight excluding hydrogens is 284 g/mol. The lowest BCUT2D eigenvalue weighted by Crippen LogP contribution is -2.43. The van der Waals surface area contributed by atoms with Crippen LogP contribution >= 0.6 is 12.4 Å². The number of benzene rings is 1. The van der Waals surface area contributed by atoms with E-state index < -0.39 is 0 Å². The Kier molecular flexibility index (Phi) is 7.20. The van der Waals surface area contributed by atoms with Crippen molar-refractivity contribution in [3.8, 4) is 0 Å². The minimum Gasteiger partial charge on any atom is -0.342 e. The SMILES string of the molecule is CC(C)C1CCN(C(=O)C(CN)c2ccccc2)CC1.Cl. The van der Waals surface area contributed by atoms with E-state index in [0.29, 0.717) is 12.5 Å². The van der Waals surface area contributed by atoms with Gasteiger partial charge in [-0.05, 0) is 30.2 Å². The van der Waals surface area contributed by atoms with Crippen LogP contribution in [0.5, 0.6) is 0 Å². The summed E-state index contributed by atoms with van der Waals surface area (Å²) in [5, 5.41) is 0. The largest absolute Gasteiger partial charge is 0.342 e. The van der Waals surface area contributed by atoms with Gasteiger partial charge in [-0.25, -0.2) is 0 Å². The number of carbonyl (C=O) groups is 1. The van der Waals surface area contributed by atoms with Crippen molar-refractivity contribution in [1.82, 2.24) is 4.90 Å². The quantitative estimate of drug-likeness (QED) is 0.929. The number of piperidine rings is 1. The maximum Gasteiger partial charge on any atom is 0.231 e. The Morgan fingerprint density at radius 3 is 2.29 bits per heavy atom. The minimum absolute atomic E-state index is 0. The number of nitrogens with two attached hydrogens (primary N) is 1. The van der Waals surface area contributed by atoms with E-state index in [1.807, 2.05) is 35.2 Å². The molecule has 1 saturated heterocycles. The Balaban J connectivity index is 0.00000220. The molecule has 2 rings (SSSR count). The van der Waals surface area contributed by atoms with Crippen molar-refractivity contribution in [2.75, 3.05) is 19.6 Å². The first-order valence-electron chi connectivity index (χ1n) is 7.67. The molecule has 1 heterocycles. The Morgan fingerprint density at radius 2 is 1.81 bits per heavy atom. The zero-order chi connectivity index (χ0) is 14.5. The molecule has 1 atom stereocenters. The van der Waals surface area contributed by atoms with E-state index >= 15 is 0 Å². The molecule has 0 aliphatic carbocycles. The predicted molar refractivity (Wildman–Crippen MR) is 89.6 cm³/mol. The van der Waals surface area contributed by atoms with Crippen molar-refractivity contribution in [2.45, 2.75) is 32.6 Å². The summed E-state index contributed by atoms with van der Waals surface area (Å²) >= 11 is 0. The van der Waals surface area contributed by atoms with Crippen LogP contribution in [0.15, 0.2) is 30.3 Å². The van der Waals surface area contributed by atoms with Crippen LogP contribution in [0.3, 0.4) is 0 Å². The van der Waals surface area contributed by atoms with Crippen molar-refractivity contribution >= 4 is 18.3 Å². The maximum absolute atomic E-state index is 12.7. The van der Waals surface area contributed by atoms with E-state index in [1.54, 1.807) is 0 Å². The zero-order valence-electron chi connectivity index (χ0n) is 13.0. The first-order valence-corrected chi connectivity index (χ1v) is 7.67. The summed E-state index contributed by atoms with van der Waals surface area (Å²) in [7, 11) is 0. The number of hydrogen-bond donors (Lipinski definition) is 1. The first-order chi connectivity index (χ1) is 9.63. The van der Waals surface area contributed by atoms with Gasteiger partial charge in [0.2, 0.25) is 5.91 Å². The number of halogens is 1. The Hall–Kier alpha value is -1.06. The van der Waals surface area contributed by atoms with Gasteiger partial charge >= 0.3 is 0 Å². The van der Waals surface area contributed by atoms with Gasteiger partial charge in [-0.2, -0.15) is 0 Å². The van der Waals surface area contributed by atoms with E-state index in [1.165, 1.54) is 0 Å². The van der Waals surface area contributed by atoms with Gasteiger partial charge < -0.3 is 10.6 Å². The molecule has 1 amide bonds. The van der Waals surface area contributed by atoms with Crippen molar-refractivity contribution in [1.29, 1.82) is 0 Å². The van der Waals surface area contributed by atoms with Crippen molar-refractivity contribution in [2.24, 2.45) is 17.6 Å². The molecule has 1 fully saturated rings. The lowest BCUT2D eigenvalue weighted by molar-refractivity contribution is -0.134. The summed E-state index contributed by atoms with van der Waals surface area (Å²) in [6, 6.07) is 9.90. The summed E-state index contributed by atoms with van der Waals surface area (Å²) < 4.78 is 0. The van der Waals surface area contributed by atoms with Crippen molar-refractivity contribution in [3.05, 3.63) is 35.9 Å². The van der Waals surface area contributed by atoms with E-state index in [2.05, 4.69) is 13.8 Å². The van der Waals surface area contributed by atoms with Crippen LogP contribution in [0.2, 0.25) is 0 Å². The summed E-state index contributed by atoms with van der Waals surface area (Å²) in [5.41, 5.74) is 6.87. The standard InChI is InChI=1S/C17H26N2O.ClH/c1-13(2)14-8-10-19(11-9-14)17(20)16(12-18)15-6-4-3-5-7-15;/h3-7,13-14,16H,8-12,18H2,1-2H3;1H. The molecule has 0 aromatic heterocycles. The van der Waals surface area contributed by atoms with Gasteiger partial charge in [0.05, 0.1) is 5.92 Å². The highest BCUT2D eigenvalue weighted by Crippen LogP contribution is 2.26. The molecular formula is C17H27ClN2O. The van der Waals surface area contributed by atoms with Crippen molar-refractivity contribution in [3.63, 3.8) is 0 Å². The van der Waals surface area contributed by atoms with E-state index in [-0.39, 0.29) is 24.2 Å². The predicted octanol–water partition coefficient (Wildman–Crippen LogP) is 3.05. The number of hydrogen-bond acceptors (Lipinski definition) is 2. The molecule has 0 saturated carbocycles. The lowest BCUT2D eigenvalue weighted by Gasteiger charge is -2.35. The molecule has 1 aromatic carbocycles. The Morgan fingerprint density at radius 1 is 1.24 bits per heavy atom. The van der Waals surface area contributed by atoms with E-state index in [4.69, 9.17) is 5.73 Å². The van der Waals surface area contributed by atoms with Crippen molar-refractivity contribution < 1.29 is 4.79 Å². The van der Waals surface area contributed by atoms with Gasteiger partial charge in [0.15, 0.2) is 0 Å². The molecule has 1 aromatic rings. The van der Waals surface area contributed by atoms with Gasteiger partial charge in [0.1, 0.15) is 0 Å². The van der Waals surface area contributed by atoms with Crippen LogP contribution in [0.25, 0.3) is 0 Å². The minimum atomic E-state index is -0.188. The second-order valence-electron chi connectivity index (χ2n) is 6.11. The number of rotatable bonds is 4. The molecule has 1 unspecified atom stereocenters. The number of likely N-dealkylation sites (tertiary alicyclic amines) is 1. The lowest BCUT2D eigenvalue weighted by atomic mass is 9.86. The van der Waals surface area contributed by atoms with E-state index in [0.717, 1.165) is 37.4 Å². The summed E-state index contributed by atoms with van der Waals surface area (Å²) in [6.45, 7) is 6.69. The fraction of sp³-hybridized carbons (Fsp3) is 0.588. The zero-order valence-corrected chi connectivity index (χ0v) is 13.8. The highest BCUT2D eigenvalue weighted by atomic mass is 35.5. The van der Waals surface area contributed by atoms with Crippen LogP contribution in [0.1, 0.15) is 38.2 Å². The number of nitrogens with zero attached hydrogens (tertiary/aromatic N) is 1. The fourth-order valence-electron chi connectivity index (χ4n) is 3.07. The van der Waals surface area contributed by atoms with Crippen LogP contribution in [-0.4, -0.2) is 30.4 Å². The second kappa shape index (κ2) is 8.40. The third-order valence-corrected chi connectivity index (χ3v) is 4.53. The summed E-state index contributed by atoms with van der Waals surface area (Å²) in [4.78, 5) is 14.7. The first kappa shape index (κ1) is 18.0. The molecule has 118 valence electrons. The van der Waals surface area contributed by atoms with E-state index in [9.17, 15) is 4.79 Å². The highest BCUT2D eigenvalue weighted by Gasteiger charge is 2.29. The normalized spacial score (nSPS) is 17.4. The summed E-state index contributed by atoms with van der Waals surface area (Å²) in [6.07, 6.45) is 2.24. The molecule has 1 aliphatic rings. The third-order valence-electron chi connectivity index (χ3n) is 4.53. The Bertz CT molecular complexity index is 428. The second-order valence-corrected chi connectivity index (χ2v) is 6.11. The number of amides is 1. The van der Waals surface area contributed by atoms with Gasteiger partial charge in [-0.1, -0.05) is 44.2 Å². The number of carbonyl (C=O) groups excluding carboxylic acids is 1. The van der Waals surface area contributed by atoms with Gasteiger partial charge in [-0.15, -0.1) is 12.4 Å². The third kappa shape index (κ3) is 4.45. The van der Waals surface area contributed by atoms with Crippen LogP contribution in [0.4, 0.5) is 0 Å². The molecule has 0 bridgehead atoms. The molecule has 0 spiro atoms. The molecule has 0 radical (unpaired) electrons. The van der Waals surface area contributed by atoms with Gasteiger partial charge in [0.25, 0.3) is 0 Å². The van der Waals surface area contributed by atoms with Crippen LogP contribution in [0, 0.1) is 11.8 Å². The molecule has 21 heavy (non-hydrogen) atoms. The monoisotopic (exact) mass is 310 g/mol. The average Bonchev–Trinajstić information content (AvgIpc) is 2.49. The topological polar surface area (TPSA) is 46.3 Å². The highest BCUT2D eigenvalue weighted by molar-refractivity contribution is 5.85. The molecule has 2 N–H and O–H groups in total. The smallest absolute Gasteiger partial charge is 0.231 e. The fourth-order valence-corrected chi connectivity index (χ4v) is 3.07. The Labute approximate surface area is 134 Å². The maximum atomic E-state index is 12.7. The molecule has 1 aliphatic heterocycles. The van der Waals surface area contributed by atoms with Crippen LogP contribution in [-0.2, 0) is 4.79 Å². The molecule has 3 nitrogen and oxygen atoms in total. The molecule has 4 heteroatoms. The van der Waals surface area contributed by atoms with Gasteiger partial charge in [0, 0.05) is 19.6 Å². The van der Waals surface area contributed by atoms with Crippen LogP contribution < -0.4 is 5.73 Å². The average molecular weight is 311 g/mol. The van der Waals surface area contributed by atoms with Gasteiger partial charge in [-0.3, -0.25) is 4.79 Å².